The highest BCUT2D eigenvalue weighted by molar-refractivity contribution is 7.73. The van der Waals surface area contributed by atoms with Crippen LogP contribution in [0.15, 0.2) is 70.4 Å². The van der Waals surface area contributed by atoms with E-state index in [9.17, 15) is 5.11 Å². The molecular formula is C19H15N3OS2. The van der Waals surface area contributed by atoms with Crippen LogP contribution in [0.4, 0.5) is 0 Å². The van der Waals surface area contributed by atoms with Crippen molar-refractivity contribution in [3.05, 3.63) is 85.5 Å². The second-order valence-corrected chi connectivity index (χ2v) is 7.40. The van der Waals surface area contributed by atoms with Crippen LogP contribution in [0.3, 0.4) is 0 Å². The number of hydrogen-bond acceptors (Lipinski definition) is 5. The summed E-state index contributed by atoms with van der Waals surface area (Å²) in [5, 5.41) is 12.4. The van der Waals surface area contributed by atoms with Crippen LogP contribution in [0.1, 0.15) is 23.4 Å². The molecule has 2 heterocycles. The Balaban J connectivity index is 1.76. The van der Waals surface area contributed by atoms with Gasteiger partial charge in [0, 0.05) is 6.08 Å². The van der Waals surface area contributed by atoms with Crippen molar-refractivity contribution in [2.75, 3.05) is 0 Å². The maximum atomic E-state index is 10.7. The summed E-state index contributed by atoms with van der Waals surface area (Å²) in [5.41, 5.74) is 1.09. The molecule has 0 bridgehead atoms. The fourth-order valence-electron chi connectivity index (χ4n) is 2.82. The van der Waals surface area contributed by atoms with Crippen molar-refractivity contribution in [3.8, 4) is 5.88 Å². The molecule has 124 valence electrons. The standard InChI is InChI=1S/C19H15N3OS2/c1-12(13-7-3-2-4-8-13)22-18(23)16(25-19(22)24)11-17-20-14-9-5-6-10-15(14)21-17/h2-12,23H,1H3/t12-/m1/s1. The van der Waals surface area contributed by atoms with E-state index >= 15 is 0 Å². The Labute approximate surface area is 153 Å². The van der Waals surface area contributed by atoms with E-state index in [-0.39, 0.29) is 11.9 Å². The fraction of sp³-hybridized carbons (Fsp3) is 0.105. The molecule has 4 rings (SSSR count). The molecule has 0 unspecified atom stereocenters. The predicted molar refractivity (Wildman–Crippen MR) is 102 cm³/mol. The summed E-state index contributed by atoms with van der Waals surface area (Å²) in [6.07, 6.45) is 1.78. The zero-order valence-electron chi connectivity index (χ0n) is 13.5. The van der Waals surface area contributed by atoms with Crippen molar-refractivity contribution in [1.82, 2.24) is 4.57 Å². The summed E-state index contributed by atoms with van der Waals surface area (Å²) in [6, 6.07) is 17.6. The number of rotatable bonds is 3. The highest BCUT2D eigenvalue weighted by Gasteiger charge is 2.17. The Morgan fingerprint density at radius 3 is 2.28 bits per heavy atom. The van der Waals surface area contributed by atoms with Gasteiger partial charge in [-0.05, 0) is 36.8 Å². The van der Waals surface area contributed by atoms with E-state index in [0.717, 1.165) is 16.3 Å². The molecular weight excluding hydrogens is 350 g/mol. The van der Waals surface area contributed by atoms with E-state index in [4.69, 9.17) is 12.2 Å². The highest BCUT2D eigenvalue weighted by atomic mass is 32.1. The van der Waals surface area contributed by atoms with Crippen LogP contribution in [0, 0.1) is 3.95 Å². The topological polar surface area (TPSA) is 49.9 Å². The maximum Gasteiger partial charge on any atom is 0.211 e. The summed E-state index contributed by atoms with van der Waals surface area (Å²) >= 11 is 6.84. The molecule has 4 nitrogen and oxygen atoms in total. The Hall–Kier alpha value is -2.57. The lowest BCUT2D eigenvalue weighted by Gasteiger charge is -2.14. The van der Waals surface area contributed by atoms with E-state index in [2.05, 4.69) is 9.98 Å². The van der Waals surface area contributed by atoms with E-state index in [1.54, 1.807) is 10.6 Å². The molecule has 25 heavy (non-hydrogen) atoms. The monoisotopic (exact) mass is 365 g/mol. The van der Waals surface area contributed by atoms with Crippen LogP contribution in [-0.2, 0) is 0 Å². The Kier molecular flexibility index (Phi) is 4.07. The molecule has 0 fully saturated rings. The minimum absolute atomic E-state index is 0.0493. The molecule has 0 radical (unpaired) electrons. The van der Waals surface area contributed by atoms with Crippen molar-refractivity contribution >= 4 is 29.6 Å². The first-order chi connectivity index (χ1) is 12.1. The van der Waals surface area contributed by atoms with Crippen molar-refractivity contribution in [2.24, 2.45) is 9.98 Å². The van der Waals surface area contributed by atoms with Gasteiger partial charge in [0.1, 0.15) is 0 Å². The van der Waals surface area contributed by atoms with Gasteiger partial charge < -0.3 is 5.11 Å². The van der Waals surface area contributed by atoms with Gasteiger partial charge in [0.15, 0.2) is 9.78 Å². The number of nitrogens with zero attached hydrogens (tertiary/aromatic N) is 3. The molecule has 1 aromatic heterocycles. The first-order valence-corrected chi connectivity index (χ1v) is 9.09. The first-order valence-electron chi connectivity index (χ1n) is 7.87. The van der Waals surface area contributed by atoms with Gasteiger partial charge >= 0.3 is 0 Å². The van der Waals surface area contributed by atoms with Crippen molar-refractivity contribution < 1.29 is 5.11 Å². The Bertz CT molecular complexity index is 1110. The predicted octanol–water partition coefficient (Wildman–Crippen LogP) is 3.85. The van der Waals surface area contributed by atoms with Crippen molar-refractivity contribution in [2.45, 2.75) is 13.0 Å². The third-order valence-electron chi connectivity index (χ3n) is 4.12. The Morgan fingerprint density at radius 1 is 1.04 bits per heavy atom. The average Bonchev–Trinajstić information content (AvgIpc) is 3.15. The molecule has 0 saturated carbocycles. The number of aromatic hydroxyl groups is 1. The highest BCUT2D eigenvalue weighted by Crippen LogP contribution is 2.34. The fourth-order valence-corrected chi connectivity index (χ4v) is 4.22. The van der Waals surface area contributed by atoms with E-state index < -0.39 is 0 Å². The lowest BCUT2D eigenvalue weighted by atomic mass is 10.1. The number of benzene rings is 2. The van der Waals surface area contributed by atoms with Gasteiger partial charge in [-0.1, -0.05) is 42.5 Å². The normalized spacial score (nSPS) is 13.7. The van der Waals surface area contributed by atoms with Gasteiger partial charge in [-0.15, -0.1) is 11.3 Å². The molecule has 2 aromatic carbocycles. The smallest absolute Gasteiger partial charge is 0.211 e. The number of fused-ring (bicyclic) bond motifs is 1. The zero-order chi connectivity index (χ0) is 17.4. The molecule has 0 saturated heterocycles. The lowest BCUT2D eigenvalue weighted by Crippen LogP contribution is -2.19. The quantitative estimate of drug-likeness (QED) is 0.717. The minimum atomic E-state index is -0.0493. The second-order valence-electron chi connectivity index (χ2n) is 5.73. The minimum Gasteiger partial charge on any atom is -0.493 e. The molecule has 1 aliphatic heterocycles. The van der Waals surface area contributed by atoms with Crippen LogP contribution in [0.5, 0.6) is 5.88 Å². The molecule has 3 aromatic rings. The number of para-hydroxylation sites is 2. The SMILES string of the molecule is C[C@H](c1ccccc1)n1c(O)c(C=C2N=c3ccccc3=N2)sc1=S. The van der Waals surface area contributed by atoms with Gasteiger partial charge in [0.25, 0.3) is 0 Å². The molecule has 0 aliphatic carbocycles. The van der Waals surface area contributed by atoms with E-state index in [1.165, 1.54) is 11.3 Å². The van der Waals surface area contributed by atoms with Crippen LogP contribution in [0.25, 0.3) is 6.08 Å². The molecule has 0 spiro atoms. The van der Waals surface area contributed by atoms with Gasteiger partial charge in [0.05, 0.1) is 21.6 Å². The van der Waals surface area contributed by atoms with Gasteiger partial charge in [0.2, 0.25) is 5.88 Å². The average molecular weight is 365 g/mol. The first kappa shape index (κ1) is 15.9. The molecule has 1 N–H and O–H groups in total. The maximum absolute atomic E-state index is 10.7. The largest absolute Gasteiger partial charge is 0.493 e. The number of aromatic nitrogens is 1. The third kappa shape index (κ3) is 2.94. The van der Waals surface area contributed by atoms with Gasteiger partial charge in [-0.25, -0.2) is 9.98 Å². The third-order valence-corrected chi connectivity index (χ3v) is 5.46. The summed E-state index contributed by atoms with van der Waals surface area (Å²) in [5.74, 6) is 0.729. The summed E-state index contributed by atoms with van der Waals surface area (Å²) in [4.78, 5) is 9.62. The lowest BCUT2D eigenvalue weighted by molar-refractivity contribution is 0.404. The Morgan fingerprint density at radius 2 is 1.64 bits per heavy atom. The molecule has 1 aliphatic rings. The van der Waals surface area contributed by atoms with Gasteiger partial charge in [-0.2, -0.15) is 0 Å². The van der Waals surface area contributed by atoms with Crippen LogP contribution in [0.2, 0.25) is 0 Å². The number of thiazole rings is 1. The van der Waals surface area contributed by atoms with Crippen LogP contribution >= 0.6 is 23.6 Å². The van der Waals surface area contributed by atoms with Crippen LogP contribution in [-0.4, -0.2) is 9.67 Å². The zero-order valence-corrected chi connectivity index (χ0v) is 15.1. The van der Waals surface area contributed by atoms with Gasteiger partial charge in [-0.3, -0.25) is 4.57 Å². The summed E-state index contributed by atoms with van der Waals surface area (Å²) in [6.45, 7) is 2.02. The second kappa shape index (κ2) is 6.38. The van der Waals surface area contributed by atoms with Crippen molar-refractivity contribution in [3.63, 3.8) is 0 Å². The molecule has 6 heteroatoms. The summed E-state index contributed by atoms with van der Waals surface area (Å²) < 4.78 is 2.39. The van der Waals surface area contributed by atoms with Crippen molar-refractivity contribution in [1.29, 1.82) is 0 Å². The number of hydrogen-bond donors (Lipinski definition) is 1. The molecule has 1 atom stereocenters. The van der Waals surface area contributed by atoms with E-state index in [0.29, 0.717) is 14.7 Å². The molecule has 0 amide bonds. The summed E-state index contributed by atoms with van der Waals surface area (Å²) in [7, 11) is 0. The van der Waals surface area contributed by atoms with E-state index in [1.807, 2.05) is 61.5 Å². The van der Waals surface area contributed by atoms with Crippen LogP contribution < -0.4 is 10.7 Å².